The molecule has 1 heterocycles. The van der Waals surface area contributed by atoms with Gasteiger partial charge in [-0.3, -0.25) is 0 Å². The lowest BCUT2D eigenvalue weighted by atomic mass is 10.2. The zero-order valence-corrected chi connectivity index (χ0v) is 12.1. The molecule has 2 N–H and O–H groups in total. The highest BCUT2D eigenvalue weighted by atomic mass is 32.2. The number of amides is 2. The first-order valence-corrected chi connectivity index (χ1v) is 8.16. The number of hydrogen-bond acceptors (Lipinski definition) is 4. The molecule has 0 aromatic heterocycles. The van der Waals surface area contributed by atoms with E-state index in [1.807, 2.05) is 18.2 Å². The van der Waals surface area contributed by atoms with Gasteiger partial charge in [0.1, 0.15) is 0 Å². The molecule has 1 fully saturated rings. The van der Waals surface area contributed by atoms with Crippen molar-refractivity contribution in [3.8, 4) is 0 Å². The molecule has 1 aliphatic heterocycles. The maximum Gasteiger partial charge on any atom is 0.319 e. The van der Waals surface area contributed by atoms with E-state index < -0.39 is 9.84 Å². The number of methoxy groups -OCH3 is 1. The molecule has 1 aromatic rings. The van der Waals surface area contributed by atoms with Crippen LogP contribution in [0.1, 0.15) is 12.0 Å². The fourth-order valence-electron chi connectivity index (χ4n) is 2.17. The molecule has 6 nitrogen and oxygen atoms in total. The van der Waals surface area contributed by atoms with Gasteiger partial charge in [-0.1, -0.05) is 12.1 Å². The lowest BCUT2D eigenvalue weighted by Crippen LogP contribution is -2.38. The van der Waals surface area contributed by atoms with Gasteiger partial charge in [0.2, 0.25) is 0 Å². The van der Waals surface area contributed by atoms with E-state index in [4.69, 9.17) is 4.74 Å². The van der Waals surface area contributed by atoms with Crippen LogP contribution < -0.4 is 10.6 Å². The van der Waals surface area contributed by atoms with Crippen LogP contribution in [0.3, 0.4) is 0 Å². The van der Waals surface area contributed by atoms with E-state index in [0.29, 0.717) is 18.7 Å². The normalized spacial score (nSPS) is 20.6. The SMILES string of the molecule is COCc1cccc(NC(=O)N[C@H]2CCS(=O)(=O)C2)c1. The summed E-state index contributed by atoms with van der Waals surface area (Å²) in [5, 5.41) is 5.37. The van der Waals surface area contributed by atoms with Crippen LogP contribution in [-0.2, 0) is 21.2 Å². The Morgan fingerprint density at radius 1 is 1.45 bits per heavy atom. The Kier molecular flexibility index (Phi) is 4.61. The van der Waals surface area contributed by atoms with Gasteiger partial charge in [-0.25, -0.2) is 13.2 Å². The molecule has 0 spiro atoms. The molecular formula is C13H18N2O4S. The number of anilines is 1. The lowest BCUT2D eigenvalue weighted by Gasteiger charge is -2.12. The number of ether oxygens (including phenoxy) is 1. The second-order valence-corrected chi connectivity index (χ2v) is 7.06. The molecule has 1 atom stereocenters. The first kappa shape index (κ1) is 14.8. The fraction of sp³-hybridized carbons (Fsp3) is 0.462. The second-order valence-electron chi connectivity index (χ2n) is 4.83. The van der Waals surface area contributed by atoms with Crippen molar-refractivity contribution < 1.29 is 17.9 Å². The zero-order chi connectivity index (χ0) is 14.6. The summed E-state index contributed by atoms with van der Waals surface area (Å²) < 4.78 is 27.6. The first-order chi connectivity index (χ1) is 9.48. The molecule has 1 aliphatic rings. The van der Waals surface area contributed by atoms with E-state index >= 15 is 0 Å². The van der Waals surface area contributed by atoms with Crippen LogP contribution >= 0.6 is 0 Å². The minimum Gasteiger partial charge on any atom is -0.380 e. The summed E-state index contributed by atoms with van der Waals surface area (Å²) in [6, 6.07) is 6.61. The Bertz CT molecular complexity index is 586. The molecule has 1 saturated heterocycles. The number of hydrogen-bond donors (Lipinski definition) is 2. The lowest BCUT2D eigenvalue weighted by molar-refractivity contribution is 0.185. The Labute approximate surface area is 118 Å². The molecule has 0 bridgehead atoms. The molecule has 0 aliphatic carbocycles. The quantitative estimate of drug-likeness (QED) is 0.873. The predicted molar refractivity (Wildman–Crippen MR) is 76.4 cm³/mol. The zero-order valence-electron chi connectivity index (χ0n) is 11.3. The molecule has 0 radical (unpaired) electrons. The molecule has 2 rings (SSSR count). The number of benzene rings is 1. The van der Waals surface area contributed by atoms with E-state index in [-0.39, 0.29) is 23.6 Å². The van der Waals surface area contributed by atoms with Crippen LogP contribution in [0.15, 0.2) is 24.3 Å². The van der Waals surface area contributed by atoms with Crippen molar-refractivity contribution >= 4 is 21.6 Å². The second kappa shape index (κ2) is 6.23. The summed E-state index contributed by atoms with van der Waals surface area (Å²) >= 11 is 0. The third-order valence-electron chi connectivity index (χ3n) is 3.06. The smallest absolute Gasteiger partial charge is 0.319 e. The molecule has 0 saturated carbocycles. The number of nitrogens with one attached hydrogen (secondary N) is 2. The van der Waals surface area contributed by atoms with Crippen LogP contribution in [0.5, 0.6) is 0 Å². The summed E-state index contributed by atoms with van der Waals surface area (Å²) in [6.07, 6.45) is 0.472. The van der Waals surface area contributed by atoms with Crippen LogP contribution in [-0.4, -0.2) is 39.1 Å². The first-order valence-electron chi connectivity index (χ1n) is 6.34. The largest absolute Gasteiger partial charge is 0.380 e. The Morgan fingerprint density at radius 3 is 2.90 bits per heavy atom. The average molecular weight is 298 g/mol. The van der Waals surface area contributed by atoms with E-state index in [9.17, 15) is 13.2 Å². The summed E-state index contributed by atoms with van der Waals surface area (Å²) in [5.74, 6) is 0.158. The Morgan fingerprint density at radius 2 is 2.25 bits per heavy atom. The van der Waals surface area contributed by atoms with Crippen molar-refractivity contribution in [3.63, 3.8) is 0 Å². The number of urea groups is 1. The Hall–Kier alpha value is -1.60. The summed E-state index contributed by atoms with van der Waals surface area (Å²) in [5.41, 5.74) is 1.60. The van der Waals surface area contributed by atoms with E-state index in [0.717, 1.165) is 5.56 Å². The topological polar surface area (TPSA) is 84.5 Å². The maximum atomic E-state index is 11.8. The number of carbonyl (C=O) groups excluding carboxylic acids is 1. The monoisotopic (exact) mass is 298 g/mol. The number of rotatable bonds is 4. The summed E-state index contributed by atoms with van der Waals surface area (Å²) in [6.45, 7) is 0.470. The van der Waals surface area contributed by atoms with Crippen molar-refractivity contribution in [2.45, 2.75) is 19.1 Å². The van der Waals surface area contributed by atoms with Crippen LogP contribution in [0.25, 0.3) is 0 Å². The van der Waals surface area contributed by atoms with Gasteiger partial charge in [0.05, 0.1) is 18.1 Å². The van der Waals surface area contributed by atoms with E-state index in [2.05, 4.69) is 10.6 Å². The van der Waals surface area contributed by atoms with Crippen molar-refractivity contribution in [3.05, 3.63) is 29.8 Å². The van der Waals surface area contributed by atoms with Crippen molar-refractivity contribution in [2.24, 2.45) is 0 Å². The average Bonchev–Trinajstić information content (AvgIpc) is 2.69. The van der Waals surface area contributed by atoms with Crippen LogP contribution in [0, 0.1) is 0 Å². The molecule has 110 valence electrons. The van der Waals surface area contributed by atoms with Crippen molar-refractivity contribution in [1.29, 1.82) is 0 Å². The van der Waals surface area contributed by atoms with Gasteiger partial charge in [0, 0.05) is 18.8 Å². The van der Waals surface area contributed by atoms with E-state index in [1.54, 1.807) is 13.2 Å². The van der Waals surface area contributed by atoms with Gasteiger partial charge in [-0.2, -0.15) is 0 Å². The fourth-order valence-corrected chi connectivity index (χ4v) is 3.84. The molecule has 1 aromatic carbocycles. The highest BCUT2D eigenvalue weighted by molar-refractivity contribution is 7.91. The van der Waals surface area contributed by atoms with E-state index in [1.165, 1.54) is 0 Å². The van der Waals surface area contributed by atoms with Gasteiger partial charge in [-0.05, 0) is 24.1 Å². The number of sulfone groups is 1. The predicted octanol–water partition coefficient (Wildman–Crippen LogP) is 1.14. The van der Waals surface area contributed by atoms with Crippen LogP contribution in [0.4, 0.5) is 10.5 Å². The third-order valence-corrected chi connectivity index (χ3v) is 4.83. The van der Waals surface area contributed by atoms with Gasteiger partial charge in [-0.15, -0.1) is 0 Å². The van der Waals surface area contributed by atoms with Gasteiger partial charge in [0.15, 0.2) is 9.84 Å². The van der Waals surface area contributed by atoms with Gasteiger partial charge >= 0.3 is 6.03 Å². The highest BCUT2D eigenvalue weighted by Crippen LogP contribution is 2.13. The standard InChI is InChI=1S/C13H18N2O4S/c1-19-8-10-3-2-4-11(7-10)14-13(16)15-12-5-6-20(17,18)9-12/h2-4,7,12H,5-6,8-9H2,1H3,(H2,14,15,16)/t12-/m0/s1. The Balaban J connectivity index is 1.90. The van der Waals surface area contributed by atoms with Crippen LogP contribution in [0.2, 0.25) is 0 Å². The minimum atomic E-state index is -2.99. The number of carbonyl (C=O) groups is 1. The molecule has 7 heteroatoms. The van der Waals surface area contributed by atoms with Gasteiger partial charge < -0.3 is 15.4 Å². The van der Waals surface area contributed by atoms with Crippen molar-refractivity contribution in [2.75, 3.05) is 23.9 Å². The van der Waals surface area contributed by atoms with Gasteiger partial charge in [0.25, 0.3) is 0 Å². The maximum absolute atomic E-state index is 11.8. The molecule has 20 heavy (non-hydrogen) atoms. The highest BCUT2D eigenvalue weighted by Gasteiger charge is 2.28. The summed E-state index contributed by atoms with van der Waals surface area (Å²) in [4.78, 5) is 11.8. The molecule has 2 amide bonds. The minimum absolute atomic E-state index is 0.0180. The third kappa shape index (κ3) is 4.21. The van der Waals surface area contributed by atoms with Crippen molar-refractivity contribution in [1.82, 2.24) is 5.32 Å². The molecular weight excluding hydrogens is 280 g/mol. The summed E-state index contributed by atoms with van der Waals surface area (Å²) in [7, 11) is -1.38. The molecule has 0 unspecified atom stereocenters.